The summed E-state index contributed by atoms with van der Waals surface area (Å²) in [5.41, 5.74) is 9.44. The average molecular weight is 323 g/mol. The van der Waals surface area contributed by atoms with Crippen molar-refractivity contribution < 1.29 is 5.11 Å². The Kier molecular flexibility index (Phi) is 3.98. The molecule has 110 valence electrons. The molecule has 3 rings (SSSR count). The van der Waals surface area contributed by atoms with Crippen LogP contribution in [0.4, 0.5) is 17.1 Å². The van der Waals surface area contributed by atoms with E-state index in [1.807, 2.05) is 18.2 Å². The summed E-state index contributed by atoms with van der Waals surface area (Å²) < 4.78 is 0. The highest BCUT2D eigenvalue weighted by Crippen LogP contribution is 2.41. The van der Waals surface area contributed by atoms with E-state index in [0.717, 1.165) is 24.2 Å². The number of nitrogen functional groups attached to an aromatic ring is 1. The molecular weight excluding hydrogens is 307 g/mol. The van der Waals surface area contributed by atoms with E-state index in [0.29, 0.717) is 21.7 Å². The molecule has 21 heavy (non-hydrogen) atoms. The molecule has 0 bridgehead atoms. The van der Waals surface area contributed by atoms with Gasteiger partial charge in [0.05, 0.1) is 27.5 Å². The fraction of sp³-hybridized carbons (Fsp3) is 0.250. The fourth-order valence-corrected chi connectivity index (χ4v) is 2.96. The van der Waals surface area contributed by atoms with Gasteiger partial charge < -0.3 is 16.2 Å². The van der Waals surface area contributed by atoms with Gasteiger partial charge in [-0.1, -0.05) is 41.4 Å². The van der Waals surface area contributed by atoms with Crippen molar-refractivity contribution in [2.24, 2.45) is 0 Å². The molecule has 4 N–H and O–H groups in total. The Morgan fingerprint density at radius 2 is 1.71 bits per heavy atom. The molecule has 2 aromatic carbocycles. The standard InChI is InChI=1S/C16H16Cl2N2O/c17-12-7-14(19)16(8-13(12)18)20-15-4-2-1-3-11(15)9-5-10(21)6-9/h1-4,7-10,20-21H,5-6,19H2. The van der Waals surface area contributed by atoms with Crippen molar-refractivity contribution in [1.29, 1.82) is 0 Å². The summed E-state index contributed by atoms with van der Waals surface area (Å²) in [6.45, 7) is 0. The predicted octanol–water partition coefficient (Wildman–Crippen LogP) is 4.56. The molecule has 5 heteroatoms. The van der Waals surface area contributed by atoms with Crippen molar-refractivity contribution in [1.82, 2.24) is 0 Å². The second-order valence-corrected chi connectivity index (χ2v) is 6.20. The molecule has 2 aromatic rings. The lowest BCUT2D eigenvalue weighted by Gasteiger charge is -2.33. The minimum atomic E-state index is -0.182. The van der Waals surface area contributed by atoms with Crippen molar-refractivity contribution in [2.75, 3.05) is 11.1 Å². The van der Waals surface area contributed by atoms with Gasteiger partial charge in [-0.2, -0.15) is 0 Å². The third-order valence-electron chi connectivity index (χ3n) is 3.88. The van der Waals surface area contributed by atoms with Gasteiger partial charge in [-0.3, -0.25) is 0 Å². The first-order valence-electron chi connectivity index (χ1n) is 6.83. The molecule has 0 unspecified atom stereocenters. The largest absolute Gasteiger partial charge is 0.397 e. The summed E-state index contributed by atoms with van der Waals surface area (Å²) in [5.74, 6) is 0.382. The molecule has 0 spiro atoms. The van der Waals surface area contributed by atoms with Crippen LogP contribution >= 0.6 is 23.2 Å². The van der Waals surface area contributed by atoms with Crippen molar-refractivity contribution in [3.8, 4) is 0 Å². The molecular formula is C16H16Cl2N2O. The summed E-state index contributed by atoms with van der Waals surface area (Å²) in [4.78, 5) is 0. The minimum absolute atomic E-state index is 0.182. The Hall–Kier alpha value is -1.42. The molecule has 0 aromatic heterocycles. The van der Waals surface area contributed by atoms with Gasteiger partial charge in [0.15, 0.2) is 0 Å². The van der Waals surface area contributed by atoms with Crippen LogP contribution in [0.3, 0.4) is 0 Å². The van der Waals surface area contributed by atoms with Crippen LogP contribution < -0.4 is 11.1 Å². The first kappa shape index (κ1) is 14.5. The summed E-state index contributed by atoms with van der Waals surface area (Å²) in [6.07, 6.45) is 1.42. The van der Waals surface area contributed by atoms with Crippen LogP contribution in [0.5, 0.6) is 0 Å². The number of rotatable bonds is 3. The van der Waals surface area contributed by atoms with E-state index in [-0.39, 0.29) is 6.10 Å². The molecule has 3 nitrogen and oxygen atoms in total. The second kappa shape index (κ2) is 5.76. The molecule has 1 fully saturated rings. The molecule has 0 radical (unpaired) electrons. The first-order valence-corrected chi connectivity index (χ1v) is 7.58. The smallest absolute Gasteiger partial charge is 0.0634 e. The van der Waals surface area contributed by atoms with E-state index in [4.69, 9.17) is 28.9 Å². The van der Waals surface area contributed by atoms with Gasteiger partial charge in [0.25, 0.3) is 0 Å². The van der Waals surface area contributed by atoms with Gasteiger partial charge in [-0.15, -0.1) is 0 Å². The van der Waals surface area contributed by atoms with Gasteiger partial charge in [-0.05, 0) is 42.5 Å². The lowest BCUT2D eigenvalue weighted by Crippen LogP contribution is -2.26. The molecule has 1 saturated carbocycles. The molecule has 0 amide bonds. The zero-order valence-corrected chi connectivity index (χ0v) is 12.8. The van der Waals surface area contributed by atoms with Crippen LogP contribution in [0, 0.1) is 0 Å². The highest BCUT2D eigenvalue weighted by Gasteiger charge is 2.30. The maximum Gasteiger partial charge on any atom is 0.0634 e. The maximum atomic E-state index is 9.50. The SMILES string of the molecule is Nc1cc(Cl)c(Cl)cc1Nc1ccccc1C1CC(O)C1. The van der Waals surface area contributed by atoms with Gasteiger partial charge in [-0.25, -0.2) is 0 Å². The van der Waals surface area contributed by atoms with Gasteiger partial charge in [0.2, 0.25) is 0 Å². The Morgan fingerprint density at radius 3 is 2.43 bits per heavy atom. The van der Waals surface area contributed by atoms with E-state index < -0.39 is 0 Å². The summed E-state index contributed by atoms with van der Waals surface area (Å²) >= 11 is 12.0. The Morgan fingerprint density at radius 1 is 1.05 bits per heavy atom. The van der Waals surface area contributed by atoms with Crippen molar-refractivity contribution in [3.63, 3.8) is 0 Å². The zero-order valence-electron chi connectivity index (χ0n) is 11.3. The topological polar surface area (TPSA) is 58.3 Å². The number of hydrogen-bond acceptors (Lipinski definition) is 3. The lowest BCUT2D eigenvalue weighted by molar-refractivity contribution is 0.0749. The number of aliphatic hydroxyl groups excluding tert-OH is 1. The molecule has 1 aliphatic rings. The number of nitrogens with one attached hydrogen (secondary N) is 1. The number of aliphatic hydroxyl groups is 1. The average Bonchev–Trinajstić information content (AvgIpc) is 2.42. The Labute approximate surface area is 133 Å². The molecule has 1 aliphatic carbocycles. The number of anilines is 3. The van der Waals surface area contributed by atoms with E-state index in [1.165, 1.54) is 5.56 Å². The summed E-state index contributed by atoms with van der Waals surface area (Å²) in [6, 6.07) is 11.4. The first-order chi connectivity index (χ1) is 10.0. The summed E-state index contributed by atoms with van der Waals surface area (Å²) in [7, 11) is 0. The summed E-state index contributed by atoms with van der Waals surface area (Å²) in [5, 5.41) is 13.7. The monoisotopic (exact) mass is 322 g/mol. The predicted molar refractivity (Wildman–Crippen MR) is 88.6 cm³/mol. The Bertz CT molecular complexity index is 669. The van der Waals surface area contributed by atoms with E-state index in [9.17, 15) is 5.11 Å². The van der Waals surface area contributed by atoms with Crippen LogP contribution in [0.1, 0.15) is 24.3 Å². The third-order valence-corrected chi connectivity index (χ3v) is 4.60. The van der Waals surface area contributed by atoms with E-state index >= 15 is 0 Å². The van der Waals surface area contributed by atoms with Crippen LogP contribution in [-0.2, 0) is 0 Å². The van der Waals surface area contributed by atoms with Crippen LogP contribution in [-0.4, -0.2) is 11.2 Å². The molecule has 0 atom stereocenters. The number of nitrogens with two attached hydrogens (primary N) is 1. The molecule has 0 aliphatic heterocycles. The van der Waals surface area contributed by atoms with Gasteiger partial charge in [0, 0.05) is 5.69 Å². The highest BCUT2D eigenvalue weighted by atomic mass is 35.5. The van der Waals surface area contributed by atoms with Crippen molar-refractivity contribution in [3.05, 3.63) is 52.0 Å². The van der Waals surface area contributed by atoms with E-state index in [2.05, 4.69) is 11.4 Å². The lowest BCUT2D eigenvalue weighted by atomic mass is 9.77. The van der Waals surface area contributed by atoms with E-state index in [1.54, 1.807) is 12.1 Å². The zero-order chi connectivity index (χ0) is 15.0. The van der Waals surface area contributed by atoms with Crippen LogP contribution in [0.2, 0.25) is 10.0 Å². The van der Waals surface area contributed by atoms with Crippen molar-refractivity contribution in [2.45, 2.75) is 24.9 Å². The van der Waals surface area contributed by atoms with Crippen LogP contribution in [0.15, 0.2) is 36.4 Å². The molecule has 0 heterocycles. The third kappa shape index (κ3) is 2.95. The molecule has 0 saturated heterocycles. The van der Waals surface area contributed by atoms with Crippen LogP contribution in [0.25, 0.3) is 0 Å². The fourth-order valence-electron chi connectivity index (χ4n) is 2.62. The minimum Gasteiger partial charge on any atom is -0.397 e. The Balaban J connectivity index is 1.90. The normalized spacial score (nSPS) is 20.9. The van der Waals surface area contributed by atoms with Gasteiger partial charge >= 0.3 is 0 Å². The number of halogens is 2. The highest BCUT2D eigenvalue weighted by molar-refractivity contribution is 6.42. The quantitative estimate of drug-likeness (QED) is 0.726. The van der Waals surface area contributed by atoms with Gasteiger partial charge in [0.1, 0.15) is 0 Å². The maximum absolute atomic E-state index is 9.50. The van der Waals surface area contributed by atoms with Crippen molar-refractivity contribution >= 4 is 40.3 Å². The number of hydrogen-bond donors (Lipinski definition) is 3. The second-order valence-electron chi connectivity index (χ2n) is 5.39. The number of benzene rings is 2. The number of para-hydroxylation sites is 1.